The molecule has 172 valence electrons. The summed E-state index contributed by atoms with van der Waals surface area (Å²) >= 11 is 0. The van der Waals surface area contributed by atoms with E-state index in [1.807, 2.05) is 35.0 Å². The van der Waals surface area contributed by atoms with Gasteiger partial charge in [0.05, 0.1) is 44.2 Å². The van der Waals surface area contributed by atoms with Gasteiger partial charge in [-0.1, -0.05) is 18.2 Å². The summed E-state index contributed by atoms with van der Waals surface area (Å²) < 4.78 is 17.6. The Morgan fingerprint density at radius 3 is 2.48 bits per heavy atom. The molecule has 1 N–H and O–H groups in total. The number of nitrogens with zero attached hydrogens (tertiary/aromatic N) is 3. The lowest BCUT2D eigenvalue weighted by molar-refractivity contribution is -0.386. The van der Waals surface area contributed by atoms with Crippen molar-refractivity contribution in [2.75, 3.05) is 21.3 Å². The molecule has 0 radical (unpaired) electrons. The summed E-state index contributed by atoms with van der Waals surface area (Å²) in [6, 6.07) is 11.1. The highest BCUT2D eigenvalue weighted by molar-refractivity contribution is 6.00. The maximum atomic E-state index is 13.1. The minimum Gasteiger partial charge on any atom is -0.493 e. The molecule has 0 unspecified atom stereocenters. The normalized spacial score (nSPS) is 12.2. The quantitative estimate of drug-likeness (QED) is 0.412. The number of ether oxygens (including phenoxy) is 3. The smallest absolute Gasteiger partial charge is 0.327 e. The number of fused-ring (bicyclic) bond motifs is 1. The van der Waals surface area contributed by atoms with Crippen LogP contribution in [0.2, 0.25) is 0 Å². The molecule has 1 aromatic heterocycles. The molecule has 10 nitrogen and oxygen atoms in total. The lowest BCUT2D eigenvalue weighted by Gasteiger charge is -2.14. The lowest BCUT2D eigenvalue weighted by Crippen LogP contribution is -2.25. The van der Waals surface area contributed by atoms with Crippen LogP contribution >= 0.6 is 0 Å². The van der Waals surface area contributed by atoms with Crippen LogP contribution in [0.15, 0.2) is 36.4 Å². The van der Waals surface area contributed by atoms with E-state index in [0.29, 0.717) is 0 Å². The van der Waals surface area contributed by atoms with Crippen LogP contribution in [0.5, 0.6) is 17.2 Å². The Balaban J connectivity index is 1.66. The van der Waals surface area contributed by atoms with Gasteiger partial charge in [0.15, 0.2) is 5.75 Å². The topological polar surface area (TPSA) is 118 Å². The van der Waals surface area contributed by atoms with E-state index in [-0.39, 0.29) is 29.4 Å². The Hall–Kier alpha value is -4.08. The largest absolute Gasteiger partial charge is 0.493 e. The van der Waals surface area contributed by atoms with Gasteiger partial charge >= 0.3 is 5.69 Å². The van der Waals surface area contributed by atoms with Gasteiger partial charge in [0.2, 0.25) is 11.5 Å². The molecule has 0 saturated carbocycles. The maximum Gasteiger partial charge on any atom is 0.327 e. The first-order valence-electron chi connectivity index (χ1n) is 10.4. The summed E-state index contributed by atoms with van der Waals surface area (Å²) in [5.41, 5.74) is 3.26. The molecule has 10 heteroatoms. The molecule has 4 rings (SSSR count). The molecule has 1 amide bonds. The van der Waals surface area contributed by atoms with E-state index < -0.39 is 16.5 Å². The SMILES string of the molecule is COc1cc(C(=O)NCc2nn(-c3ccccc3)c3c2CCC3)c([N+](=O)[O-])c(OC)c1OC. The van der Waals surface area contributed by atoms with Crippen molar-refractivity contribution in [1.82, 2.24) is 15.1 Å². The van der Waals surface area contributed by atoms with Crippen molar-refractivity contribution < 1.29 is 23.9 Å². The Bertz CT molecular complexity index is 1210. The predicted molar refractivity (Wildman–Crippen MR) is 120 cm³/mol. The number of nitro benzene ring substituents is 1. The van der Waals surface area contributed by atoms with Gasteiger partial charge in [0.25, 0.3) is 5.91 Å². The summed E-state index contributed by atoms with van der Waals surface area (Å²) in [5.74, 6) is -0.620. The third-order valence-corrected chi connectivity index (χ3v) is 5.66. The number of nitro groups is 1. The molecule has 1 heterocycles. The summed E-state index contributed by atoms with van der Waals surface area (Å²) in [4.78, 5) is 24.2. The first kappa shape index (κ1) is 22.1. The first-order chi connectivity index (χ1) is 16.0. The van der Waals surface area contributed by atoms with Crippen molar-refractivity contribution in [1.29, 1.82) is 0 Å². The molecule has 3 aromatic rings. The molecular weight excluding hydrogens is 428 g/mol. The van der Waals surface area contributed by atoms with Crippen LogP contribution in [-0.4, -0.2) is 41.9 Å². The molecule has 0 fully saturated rings. The van der Waals surface area contributed by atoms with Gasteiger partial charge in [-0.05, 0) is 37.0 Å². The second-order valence-electron chi connectivity index (χ2n) is 7.45. The van der Waals surface area contributed by atoms with Gasteiger partial charge in [-0.3, -0.25) is 14.9 Å². The van der Waals surface area contributed by atoms with Crippen LogP contribution in [0, 0.1) is 10.1 Å². The Morgan fingerprint density at radius 2 is 1.85 bits per heavy atom. The number of carbonyl (C=O) groups excluding carboxylic acids is 1. The minimum absolute atomic E-state index is 0.0441. The van der Waals surface area contributed by atoms with E-state index >= 15 is 0 Å². The van der Waals surface area contributed by atoms with Gasteiger partial charge in [-0.15, -0.1) is 0 Å². The zero-order valence-electron chi connectivity index (χ0n) is 18.6. The Labute approximate surface area is 190 Å². The number of hydrogen-bond donors (Lipinski definition) is 1. The number of hydrogen-bond acceptors (Lipinski definition) is 7. The first-order valence-corrected chi connectivity index (χ1v) is 10.4. The molecule has 1 aliphatic rings. The summed E-state index contributed by atoms with van der Waals surface area (Å²) in [7, 11) is 3.99. The highest BCUT2D eigenvalue weighted by atomic mass is 16.6. The van der Waals surface area contributed by atoms with Gasteiger partial charge in [-0.2, -0.15) is 5.10 Å². The van der Waals surface area contributed by atoms with Crippen LogP contribution in [0.3, 0.4) is 0 Å². The van der Waals surface area contributed by atoms with E-state index in [0.717, 1.165) is 41.9 Å². The summed E-state index contributed by atoms with van der Waals surface area (Å²) in [5, 5.41) is 19.3. The summed E-state index contributed by atoms with van der Waals surface area (Å²) in [6.45, 7) is 0.134. The van der Waals surface area contributed by atoms with Crippen LogP contribution in [0.25, 0.3) is 5.69 Å². The van der Waals surface area contributed by atoms with E-state index in [4.69, 9.17) is 19.3 Å². The number of rotatable bonds is 8. The van der Waals surface area contributed by atoms with Crippen molar-refractivity contribution >= 4 is 11.6 Å². The zero-order valence-corrected chi connectivity index (χ0v) is 18.6. The van der Waals surface area contributed by atoms with Crippen molar-refractivity contribution in [2.24, 2.45) is 0 Å². The van der Waals surface area contributed by atoms with Gasteiger partial charge in [-0.25, -0.2) is 4.68 Å². The third kappa shape index (κ3) is 3.95. The van der Waals surface area contributed by atoms with Crippen molar-refractivity contribution in [3.05, 3.63) is 69.0 Å². The molecule has 1 aliphatic carbocycles. The van der Waals surface area contributed by atoms with E-state index in [1.54, 1.807) is 0 Å². The fourth-order valence-electron chi connectivity index (χ4n) is 4.19. The number of para-hydroxylation sites is 1. The molecule has 33 heavy (non-hydrogen) atoms. The van der Waals surface area contributed by atoms with Crippen LogP contribution in [0.1, 0.15) is 33.7 Å². The highest BCUT2D eigenvalue weighted by Crippen LogP contribution is 2.46. The molecule has 0 aliphatic heterocycles. The molecular formula is C23H24N4O6. The predicted octanol–water partition coefficient (Wildman–Crippen LogP) is 3.23. The van der Waals surface area contributed by atoms with Crippen LogP contribution in [0.4, 0.5) is 5.69 Å². The average Bonchev–Trinajstić information content (AvgIpc) is 3.44. The number of amides is 1. The number of aromatic nitrogens is 2. The molecule has 0 saturated heterocycles. The molecule has 2 aromatic carbocycles. The monoisotopic (exact) mass is 452 g/mol. The van der Waals surface area contributed by atoms with E-state index in [1.165, 1.54) is 27.4 Å². The maximum absolute atomic E-state index is 13.1. The minimum atomic E-state index is -0.669. The fraction of sp³-hybridized carbons (Fsp3) is 0.304. The second kappa shape index (κ2) is 9.19. The zero-order chi connectivity index (χ0) is 23.5. The fourth-order valence-corrected chi connectivity index (χ4v) is 4.19. The summed E-state index contributed by atoms with van der Waals surface area (Å²) in [6.07, 6.45) is 2.79. The van der Waals surface area contributed by atoms with Crippen molar-refractivity contribution in [3.63, 3.8) is 0 Å². The van der Waals surface area contributed by atoms with E-state index in [9.17, 15) is 14.9 Å². The van der Waals surface area contributed by atoms with Gasteiger partial charge in [0, 0.05) is 11.8 Å². The number of methoxy groups -OCH3 is 3. The Kier molecular flexibility index (Phi) is 6.16. The van der Waals surface area contributed by atoms with Gasteiger partial charge in [0.1, 0.15) is 5.56 Å². The molecule has 0 spiro atoms. The van der Waals surface area contributed by atoms with Crippen molar-refractivity contribution in [2.45, 2.75) is 25.8 Å². The van der Waals surface area contributed by atoms with Crippen LogP contribution in [-0.2, 0) is 19.4 Å². The second-order valence-corrected chi connectivity index (χ2v) is 7.45. The molecule has 0 bridgehead atoms. The van der Waals surface area contributed by atoms with Crippen LogP contribution < -0.4 is 19.5 Å². The lowest BCUT2D eigenvalue weighted by atomic mass is 10.1. The van der Waals surface area contributed by atoms with Gasteiger partial charge < -0.3 is 19.5 Å². The molecule has 0 atom stereocenters. The third-order valence-electron chi connectivity index (χ3n) is 5.66. The van der Waals surface area contributed by atoms with E-state index in [2.05, 4.69) is 5.32 Å². The number of nitrogens with one attached hydrogen (secondary N) is 1. The highest BCUT2D eigenvalue weighted by Gasteiger charge is 2.33. The average molecular weight is 452 g/mol. The number of carbonyl (C=O) groups is 1. The standard InChI is InChI=1S/C23H24N4O6/c1-31-19-12-16(20(27(29)30)22(33-3)21(19)32-2)23(28)24-13-17-15-10-7-11-18(15)26(25-17)14-8-5-4-6-9-14/h4-6,8-9,12H,7,10-11,13H2,1-3H3,(H,24,28). The number of benzene rings is 2. The van der Waals surface area contributed by atoms with Crippen molar-refractivity contribution in [3.8, 4) is 22.9 Å². The Morgan fingerprint density at radius 1 is 1.12 bits per heavy atom.